The second-order valence-corrected chi connectivity index (χ2v) is 5.55. The van der Waals surface area contributed by atoms with E-state index in [0.29, 0.717) is 29.7 Å². The highest BCUT2D eigenvalue weighted by Crippen LogP contribution is 2.36. The van der Waals surface area contributed by atoms with Gasteiger partial charge in [0.15, 0.2) is 11.5 Å². The summed E-state index contributed by atoms with van der Waals surface area (Å²) >= 11 is 6.28. The molecule has 0 aliphatic heterocycles. The zero-order valence-electron chi connectivity index (χ0n) is 13.5. The van der Waals surface area contributed by atoms with Gasteiger partial charge in [-0.3, -0.25) is 0 Å². The molecule has 0 spiro atoms. The van der Waals surface area contributed by atoms with Gasteiger partial charge in [-0.15, -0.1) is 0 Å². The fraction of sp³-hybridized carbons (Fsp3) is 0.333. The van der Waals surface area contributed by atoms with Crippen LogP contribution >= 0.6 is 11.6 Å². The number of methoxy groups -OCH3 is 1. The van der Waals surface area contributed by atoms with Crippen molar-refractivity contribution in [3.63, 3.8) is 0 Å². The van der Waals surface area contributed by atoms with Crippen LogP contribution in [0.3, 0.4) is 0 Å². The monoisotopic (exact) mass is 319 g/mol. The minimum Gasteiger partial charge on any atom is -0.491 e. The van der Waals surface area contributed by atoms with Crippen molar-refractivity contribution in [2.75, 3.05) is 19.0 Å². The molecule has 2 aromatic rings. The number of benzene rings is 2. The smallest absolute Gasteiger partial charge is 0.179 e. The predicted octanol–water partition coefficient (Wildman–Crippen LogP) is 4.98. The molecule has 118 valence electrons. The first-order chi connectivity index (χ1) is 10.6. The number of nitrogens with one attached hydrogen (secondary N) is 1. The maximum Gasteiger partial charge on any atom is 0.179 e. The van der Waals surface area contributed by atoms with Gasteiger partial charge < -0.3 is 14.8 Å². The summed E-state index contributed by atoms with van der Waals surface area (Å²) in [6.07, 6.45) is 0. The second kappa shape index (κ2) is 7.41. The predicted molar refractivity (Wildman–Crippen MR) is 92.4 cm³/mol. The van der Waals surface area contributed by atoms with Crippen molar-refractivity contribution in [1.29, 1.82) is 0 Å². The molecular weight excluding hydrogens is 298 g/mol. The van der Waals surface area contributed by atoms with Crippen LogP contribution in [-0.2, 0) is 6.54 Å². The first-order valence-corrected chi connectivity index (χ1v) is 7.74. The van der Waals surface area contributed by atoms with Gasteiger partial charge in [0.1, 0.15) is 0 Å². The summed E-state index contributed by atoms with van der Waals surface area (Å²) in [5.41, 5.74) is 4.71. The van der Waals surface area contributed by atoms with E-state index in [1.807, 2.05) is 19.1 Å². The normalized spacial score (nSPS) is 10.4. The molecule has 0 unspecified atom stereocenters. The maximum absolute atomic E-state index is 6.28. The van der Waals surface area contributed by atoms with Crippen molar-refractivity contribution in [2.45, 2.75) is 27.3 Å². The number of anilines is 1. The lowest BCUT2D eigenvalue weighted by Crippen LogP contribution is -2.03. The largest absolute Gasteiger partial charge is 0.491 e. The van der Waals surface area contributed by atoms with Gasteiger partial charge in [-0.25, -0.2) is 0 Å². The number of hydrogen-bond acceptors (Lipinski definition) is 3. The van der Waals surface area contributed by atoms with E-state index in [1.165, 1.54) is 11.1 Å². The van der Waals surface area contributed by atoms with E-state index in [9.17, 15) is 0 Å². The van der Waals surface area contributed by atoms with Crippen molar-refractivity contribution >= 4 is 17.3 Å². The average Bonchev–Trinajstić information content (AvgIpc) is 2.49. The number of halogens is 1. The molecule has 0 aromatic heterocycles. The summed E-state index contributed by atoms with van der Waals surface area (Å²) in [5, 5.41) is 4.01. The quantitative estimate of drug-likeness (QED) is 0.814. The summed E-state index contributed by atoms with van der Waals surface area (Å²) in [7, 11) is 1.60. The van der Waals surface area contributed by atoms with Gasteiger partial charge in [0.05, 0.1) is 18.7 Å². The highest BCUT2D eigenvalue weighted by atomic mass is 35.5. The fourth-order valence-electron chi connectivity index (χ4n) is 2.32. The molecule has 0 atom stereocenters. The molecule has 2 rings (SSSR count). The lowest BCUT2D eigenvalue weighted by Gasteiger charge is -2.15. The van der Waals surface area contributed by atoms with Crippen LogP contribution in [0.5, 0.6) is 11.5 Å². The molecule has 1 N–H and O–H groups in total. The average molecular weight is 320 g/mol. The third-order valence-corrected chi connectivity index (χ3v) is 3.94. The Morgan fingerprint density at radius 2 is 1.95 bits per heavy atom. The van der Waals surface area contributed by atoms with E-state index in [-0.39, 0.29) is 0 Å². The van der Waals surface area contributed by atoms with Crippen molar-refractivity contribution in [1.82, 2.24) is 0 Å². The Morgan fingerprint density at radius 3 is 2.64 bits per heavy atom. The highest BCUT2D eigenvalue weighted by Gasteiger charge is 2.11. The topological polar surface area (TPSA) is 30.5 Å². The molecule has 22 heavy (non-hydrogen) atoms. The van der Waals surface area contributed by atoms with E-state index in [2.05, 4.69) is 37.4 Å². The SMILES string of the molecule is CCOc1cc(CNc2cccc(C)c2C)cc(Cl)c1OC. The molecule has 0 saturated carbocycles. The van der Waals surface area contributed by atoms with Gasteiger partial charge in [-0.1, -0.05) is 23.7 Å². The molecule has 0 heterocycles. The number of aryl methyl sites for hydroxylation is 1. The van der Waals surface area contributed by atoms with E-state index in [4.69, 9.17) is 21.1 Å². The van der Waals surface area contributed by atoms with Gasteiger partial charge in [0.2, 0.25) is 0 Å². The van der Waals surface area contributed by atoms with Gasteiger partial charge in [-0.2, -0.15) is 0 Å². The van der Waals surface area contributed by atoms with Crippen LogP contribution in [0, 0.1) is 13.8 Å². The van der Waals surface area contributed by atoms with Crippen molar-refractivity contribution < 1.29 is 9.47 Å². The standard InChI is InChI=1S/C18H22ClNO2/c1-5-22-17-10-14(9-15(19)18(17)21-4)11-20-16-8-6-7-12(2)13(16)3/h6-10,20H,5,11H2,1-4H3. The molecule has 0 amide bonds. The van der Waals surface area contributed by atoms with E-state index >= 15 is 0 Å². The van der Waals surface area contributed by atoms with Crippen molar-refractivity contribution in [3.8, 4) is 11.5 Å². The Kier molecular flexibility index (Phi) is 5.56. The minimum absolute atomic E-state index is 0.561. The lowest BCUT2D eigenvalue weighted by molar-refractivity contribution is 0.310. The molecular formula is C18H22ClNO2. The summed E-state index contributed by atoms with van der Waals surface area (Å²) < 4.78 is 10.9. The summed E-state index contributed by atoms with van der Waals surface area (Å²) in [6, 6.07) is 10.1. The van der Waals surface area contributed by atoms with E-state index in [1.54, 1.807) is 7.11 Å². The van der Waals surface area contributed by atoms with Crippen molar-refractivity contribution in [2.24, 2.45) is 0 Å². The lowest BCUT2D eigenvalue weighted by atomic mass is 10.1. The maximum atomic E-state index is 6.28. The molecule has 0 bridgehead atoms. The Balaban J connectivity index is 2.21. The Morgan fingerprint density at radius 1 is 1.18 bits per heavy atom. The van der Waals surface area contributed by atoms with Crippen LogP contribution in [-0.4, -0.2) is 13.7 Å². The number of rotatable bonds is 6. The summed E-state index contributed by atoms with van der Waals surface area (Å²) in [5.74, 6) is 1.26. The number of ether oxygens (including phenoxy) is 2. The van der Waals surface area contributed by atoms with Gasteiger partial charge in [0, 0.05) is 12.2 Å². The Labute approximate surface area is 137 Å². The van der Waals surface area contributed by atoms with Crippen LogP contribution < -0.4 is 14.8 Å². The van der Waals surface area contributed by atoms with Crippen molar-refractivity contribution in [3.05, 3.63) is 52.0 Å². The highest BCUT2D eigenvalue weighted by molar-refractivity contribution is 6.32. The third-order valence-electron chi connectivity index (χ3n) is 3.66. The first kappa shape index (κ1) is 16.5. The zero-order valence-corrected chi connectivity index (χ0v) is 14.3. The van der Waals surface area contributed by atoms with Gasteiger partial charge in [-0.05, 0) is 55.7 Å². The van der Waals surface area contributed by atoms with Gasteiger partial charge >= 0.3 is 0 Å². The number of hydrogen-bond donors (Lipinski definition) is 1. The van der Waals surface area contributed by atoms with Crippen LogP contribution in [0.4, 0.5) is 5.69 Å². The van der Waals surface area contributed by atoms with Gasteiger partial charge in [0.25, 0.3) is 0 Å². The van der Waals surface area contributed by atoms with Crippen LogP contribution in [0.1, 0.15) is 23.6 Å². The van der Waals surface area contributed by atoms with Crippen LogP contribution in [0.25, 0.3) is 0 Å². The van der Waals surface area contributed by atoms with Crippen LogP contribution in [0.2, 0.25) is 5.02 Å². The summed E-state index contributed by atoms with van der Waals surface area (Å²) in [6.45, 7) is 7.41. The molecule has 3 nitrogen and oxygen atoms in total. The Hall–Kier alpha value is -1.87. The Bertz CT molecular complexity index is 656. The molecule has 0 saturated heterocycles. The molecule has 2 aromatic carbocycles. The molecule has 0 aliphatic rings. The molecule has 0 radical (unpaired) electrons. The molecule has 0 aliphatic carbocycles. The molecule has 0 fully saturated rings. The third kappa shape index (κ3) is 3.66. The first-order valence-electron chi connectivity index (χ1n) is 7.36. The van der Waals surface area contributed by atoms with E-state index in [0.717, 1.165) is 11.3 Å². The fourth-order valence-corrected chi connectivity index (χ4v) is 2.63. The summed E-state index contributed by atoms with van der Waals surface area (Å²) in [4.78, 5) is 0. The minimum atomic E-state index is 0.561. The van der Waals surface area contributed by atoms with E-state index < -0.39 is 0 Å². The molecule has 4 heteroatoms. The zero-order chi connectivity index (χ0) is 16.1. The van der Waals surface area contributed by atoms with Crippen LogP contribution in [0.15, 0.2) is 30.3 Å². The second-order valence-electron chi connectivity index (χ2n) is 5.14.